The SMILES string of the molecule is C(#Cc1ccc(C23CC4CC(C2)CC(c2ccc(C#Cc5ccncc5)cc2)(C4)C3(c2ccc(C#Cc3ccncc3)cc2)c2ccc(C#Cc3ccncc3)cc2)cc1)c1ccncc1. The molecule has 4 aromatic carbocycles. The first-order valence-corrected chi connectivity index (χ1v) is 22.7. The van der Waals surface area contributed by atoms with Gasteiger partial charge in [-0.2, -0.15) is 0 Å². The van der Waals surface area contributed by atoms with E-state index in [0.717, 1.165) is 70.2 Å². The van der Waals surface area contributed by atoms with Gasteiger partial charge in [0.25, 0.3) is 0 Å². The fraction of sp³-hybridized carbons (Fsp3) is 0.161. The van der Waals surface area contributed by atoms with Gasteiger partial charge in [0.05, 0.1) is 0 Å². The second kappa shape index (κ2) is 17.4. The molecule has 0 spiro atoms. The van der Waals surface area contributed by atoms with Crippen LogP contribution in [0.1, 0.15) is 98.9 Å². The molecule has 4 heteroatoms. The van der Waals surface area contributed by atoms with E-state index >= 15 is 0 Å². The van der Waals surface area contributed by atoms with Gasteiger partial charge in [-0.15, -0.1) is 0 Å². The van der Waals surface area contributed by atoms with Gasteiger partial charge in [-0.1, -0.05) is 95.9 Å². The van der Waals surface area contributed by atoms with E-state index < -0.39 is 5.41 Å². The second-order valence-electron chi connectivity index (χ2n) is 18.0. The van der Waals surface area contributed by atoms with Gasteiger partial charge in [-0.05, 0) is 163 Å². The Bertz CT molecular complexity index is 3030. The van der Waals surface area contributed by atoms with Crippen molar-refractivity contribution in [2.24, 2.45) is 11.8 Å². The molecule has 0 amide bonds. The van der Waals surface area contributed by atoms with Crippen LogP contribution in [-0.4, -0.2) is 19.9 Å². The van der Waals surface area contributed by atoms with Gasteiger partial charge in [0.15, 0.2) is 0 Å². The minimum absolute atomic E-state index is 0.248. The molecular weight excluding hydrogens is 801 g/mol. The molecule has 0 aliphatic heterocycles. The Kier molecular flexibility index (Phi) is 10.6. The molecule has 4 nitrogen and oxygen atoms in total. The van der Waals surface area contributed by atoms with Crippen LogP contribution in [0, 0.1) is 59.2 Å². The van der Waals surface area contributed by atoms with Gasteiger partial charge in [0.1, 0.15) is 0 Å². The van der Waals surface area contributed by atoms with Gasteiger partial charge in [-0.25, -0.2) is 0 Å². The Hall–Kier alpha value is -8.28. The first-order chi connectivity index (χ1) is 32.6. The van der Waals surface area contributed by atoms with Crippen LogP contribution in [0.3, 0.4) is 0 Å². The largest absolute Gasteiger partial charge is 0.265 e. The number of benzene rings is 4. The third-order valence-corrected chi connectivity index (χ3v) is 14.3. The van der Waals surface area contributed by atoms with Gasteiger partial charge < -0.3 is 0 Å². The molecule has 0 atom stereocenters. The third kappa shape index (κ3) is 7.44. The molecule has 0 radical (unpaired) electrons. The van der Waals surface area contributed by atoms with Crippen molar-refractivity contribution in [3.8, 4) is 47.4 Å². The average molecular weight is 845 g/mol. The van der Waals surface area contributed by atoms with Crippen molar-refractivity contribution in [1.82, 2.24) is 19.9 Å². The van der Waals surface area contributed by atoms with E-state index in [2.05, 4.69) is 164 Å². The van der Waals surface area contributed by atoms with E-state index in [9.17, 15) is 0 Å². The molecule has 0 saturated heterocycles. The first kappa shape index (κ1) is 40.5. The maximum absolute atomic E-state index is 4.19. The lowest BCUT2D eigenvalue weighted by atomic mass is 9.29. The molecule has 4 aliphatic carbocycles. The molecule has 0 unspecified atom stereocenters. The lowest BCUT2D eigenvalue weighted by Crippen LogP contribution is -2.72. The predicted octanol–water partition coefficient (Wildman–Crippen LogP) is 11.3. The van der Waals surface area contributed by atoms with Crippen molar-refractivity contribution < 1.29 is 0 Å². The molecule has 66 heavy (non-hydrogen) atoms. The number of nitrogens with zero attached hydrogens (tertiary/aromatic N) is 4. The Balaban J connectivity index is 1.12. The van der Waals surface area contributed by atoms with Crippen molar-refractivity contribution in [3.63, 3.8) is 0 Å². The molecule has 4 aliphatic rings. The smallest absolute Gasteiger partial charge is 0.0396 e. The van der Waals surface area contributed by atoms with Crippen LogP contribution in [0.4, 0.5) is 0 Å². The summed E-state index contributed by atoms with van der Waals surface area (Å²) in [4.78, 5) is 16.7. The van der Waals surface area contributed by atoms with Crippen molar-refractivity contribution >= 4 is 0 Å². The van der Waals surface area contributed by atoms with Crippen LogP contribution in [0.15, 0.2) is 195 Å². The maximum Gasteiger partial charge on any atom is 0.0396 e. The summed E-state index contributed by atoms with van der Waals surface area (Å²) in [5, 5.41) is 0. The molecule has 4 fully saturated rings. The molecule has 4 aromatic heterocycles. The standard InChI is InChI=1S/C62H44N4/c1(5-50-25-33-63-34-26-50)46-9-17-56(18-10-46)60-42-54-41-55(43-60)45-61(44-54,57-19-11-47(12-20-57)2-6-51-27-35-64-36-28-51)62(60,58-21-13-48(14-22-58)3-7-52-29-37-65-38-30-52)59-23-15-49(16-24-59)4-8-53-31-39-66-40-32-53/h9-40,54-55H,41-45H2. The summed E-state index contributed by atoms with van der Waals surface area (Å²) >= 11 is 0. The molecule has 4 bridgehead atoms. The van der Waals surface area contributed by atoms with Crippen molar-refractivity contribution in [3.05, 3.63) is 262 Å². The summed E-state index contributed by atoms with van der Waals surface area (Å²) < 4.78 is 0. The average Bonchev–Trinajstić information content (AvgIpc) is 3.38. The molecule has 8 aromatic rings. The summed E-state index contributed by atoms with van der Waals surface area (Å²) in [6.07, 6.45) is 20.0. The summed E-state index contributed by atoms with van der Waals surface area (Å²) in [7, 11) is 0. The monoisotopic (exact) mass is 844 g/mol. The Morgan fingerprint density at radius 1 is 0.273 bits per heavy atom. The zero-order valence-corrected chi connectivity index (χ0v) is 36.5. The zero-order valence-electron chi connectivity index (χ0n) is 36.5. The Morgan fingerprint density at radius 3 is 0.727 bits per heavy atom. The molecular formula is C62H44N4. The molecule has 312 valence electrons. The molecule has 4 heterocycles. The molecule has 12 rings (SSSR count). The fourth-order valence-corrected chi connectivity index (χ4v) is 12.0. The summed E-state index contributed by atoms with van der Waals surface area (Å²) in [5.41, 5.74) is 12.2. The highest BCUT2D eigenvalue weighted by Crippen LogP contribution is 2.76. The Labute approximate surface area is 387 Å². The predicted molar refractivity (Wildman–Crippen MR) is 261 cm³/mol. The third-order valence-electron chi connectivity index (χ3n) is 14.3. The normalized spacial score (nSPS) is 20.5. The highest BCUT2D eigenvalue weighted by Gasteiger charge is 2.73. The van der Waals surface area contributed by atoms with Crippen molar-refractivity contribution in [2.45, 2.75) is 48.3 Å². The van der Waals surface area contributed by atoms with Gasteiger partial charge in [0, 0.05) is 110 Å². The van der Waals surface area contributed by atoms with E-state index in [1.165, 1.54) is 28.7 Å². The van der Waals surface area contributed by atoms with Crippen LogP contribution < -0.4 is 0 Å². The highest BCUT2D eigenvalue weighted by atomic mass is 14.8. The van der Waals surface area contributed by atoms with Crippen molar-refractivity contribution in [2.75, 3.05) is 0 Å². The van der Waals surface area contributed by atoms with Crippen LogP contribution in [0.25, 0.3) is 0 Å². The second-order valence-corrected chi connectivity index (χ2v) is 18.0. The fourth-order valence-electron chi connectivity index (χ4n) is 12.0. The minimum atomic E-state index is -0.476. The minimum Gasteiger partial charge on any atom is -0.265 e. The van der Waals surface area contributed by atoms with Crippen LogP contribution in [0.5, 0.6) is 0 Å². The highest BCUT2D eigenvalue weighted by molar-refractivity contribution is 5.62. The maximum atomic E-state index is 4.19. The van der Waals surface area contributed by atoms with Crippen molar-refractivity contribution in [1.29, 1.82) is 0 Å². The van der Waals surface area contributed by atoms with Crippen LogP contribution in [0.2, 0.25) is 0 Å². The summed E-state index contributed by atoms with van der Waals surface area (Å²) in [6.45, 7) is 0. The lowest BCUT2D eigenvalue weighted by Gasteiger charge is -2.74. The van der Waals surface area contributed by atoms with Crippen LogP contribution in [-0.2, 0) is 16.2 Å². The number of rotatable bonds is 4. The van der Waals surface area contributed by atoms with E-state index in [1.54, 1.807) is 49.6 Å². The van der Waals surface area contributed by atoms with E-state index in [4.69, 9.17) is 0 Å². The van der Waals surface area contributed by atoms with Gasteiger partial charge >= 0.3 is 0 Å². The number of aromatic nitrogens is 4. The molecule has 0 N–H and O–H groups in total. The van der Waals surface area contributed by atoms with Gasteiger partial charge in [0.2, 0.25) is 0 Å². The van der Waals surface area contributed by atoms with Crippen LogP contribution >= 0.6 is 0 Å². The number of hydrogen-bond acceptors (Lipinski definition) is 4. The van der Waals surface area contributed by atoms with E-state index in [-0.39, 0.29) is 10.8 Å². The lowest BCUT2D eigenvalue weighted by molar-refractivity contribution is -0.0904. The summed E-state index contributed by atoms with van der Waals surface area (Å²) in [6, 6.07) is 52.7. The zero-order chi connectivity index (χ0) is 44.2. The van der Waals surface area contributed by atoms with E-state index in [1.807, 2.05) is 48.5 Å². The topological polar surface area (TPSA) is 51.6 Å². The molecule has 4 saturated carbocycles. The summed E-state index contributed by atoms with van der Waals surface area (Å²) in [5.74, 6) is 28.4. The number of hydrogen-bond donors (Lipinski definition) is 0. The van der Waals surface area contributed by atoms with Gasteiger partial charge in [-0.3, -0.25) is 19.9 Å². The first-order valence-electron chi connectivity index (χ1n) is 22.7. The quantitative estimate of drug-likeness (QED) is 0.166. The van der Waals surface area contributed by atoms with E-state index in [0.29, 0.717) is 11.8 Å². The number of pyridine rings is 4. The Morgan fingerprint density at radius 2 is 0.485 bits per heavy atom.